The Morgan fingerprint density at radius 3 is 2.75 bits per heavy atom. The summed E-state index contributed by atoms with van der Waals surface area (Å²) in [7, 11) is -2.00. The summed E-state index contributed by atoms with van der Waals surface area (Å²) in [5.74, 6) is -1.36. The second-order valence-electron chi connectivity index (χ2n) is 5.64. The highest BCUT2D eigenvalue weighted by atomic mass is 32.2. The molecule has 3 heterocycles. The van der Waals surface area contributed by atoms with E-state index < -0.39 is 28.0 Å². The fraction of sp³-hybridized carbons (Fsp3) is 0.667. The largest absolute Gasteiger partial charge is 0.481 e. The molecule has 3 unspecified atom stereocenters. The van der Waals surface area contributed by atoms with Crippen molar-refractivity contribution in [1.29, 1.82) is 0 Å². The van der Waals surface area contributed by atoms with E-state index in [9.17, 15) is 18.3 Å². The van der Waals surface area contributed by atoms with Gasteiger partial charge in [0.2, 0.25) is 0 Å². The van der Waals surface area contributed by atoms with Crippen molar-refractivity contribution in [3.05, 3.63) is 12.5 Å². The molecule has 0 amide bonds. The number of carboxylic acid groups (broad SMARTS) is 1. The summed E-state index contributed by atoms with van der Waals surface area (Å²) in [4.78, 5) is 15.2. The van der Waals surface area contributed by atoms with Crippen LogP contribution >= 0.6 is 0 Å². The van der Waals surface area contributed by atoms with Gasteiger partial charge in [0.25, 0.3) is 10.0 Å². The van der Waals surface area contributed by atoms with Crippen molar-refractivity contribution in [2.75, 3.05) is 6.54 Å². The molecule has 2 saturated heterocycles. The summed E-state index contributed by atoms with van der Waals surface area (Å²) in [6, 6.07) is -0.440. The molecule has 2 bridgehead atoms. The molecule has 20 heavy (non-hydrogen) atoms. The lowest BCUT2D eigenvalue weighted by Gasteiger charge is -2.47. The topological polar surface area (TPSA) is 92.5 Å². The molecule has 4 rings (SSSR count). The SMILES string of the molecule is Cn1cnc(S(=O)(=O)N2CC3CCC2C(C(=O)O)C3)c1. The second kappa shape index (κ2) is 4.56. The number of aliphatic carboxylic acids is 1. The van der Waals surface area contributed by atoms with Gasteiger partial charge in [0.1, 0.15) is 0 Å². The van der Waals surface area contributed by atoms with Crippen molar-refractivity contribution < 1.29 is 18.3 Å². The molecule has 2 aliphatic heterocycles. The van der Waals surface area contributed by atoms with Gasteiger partial charge in [0, 0.05) is 25.8 Å². The first kappa shape index (κ1) is 13.6. The highest BCUT2D eigenvalue weighted by Crippen LogP contribution is 2.41. The van der Waals surface area contributed by atoms with Gasteiger partial charge in [-0.15, -0.1) is 0 Å². The standard InChI is InChI=1S/C12H17N3O4S/c1-14-6-11(13-7-14)20(18,19)15-5-8-2-3-10(15)9(4-8)12(16)17/h6-10H,2-5H2,1H3,(H,16,17). The Hall–Kier alpha value is -1.41. The zero-order valence-electron chi connectivity index (χ0n) is 11.1. The Kier molecular flexibility index (Phi) is 3.09. The number of aromatic nitrogens is 2. The predicted octanol–water partition coefficient (Wildman–Crippen LogP) is 0.294. The van der Waals surface area contributed by atoms with E-state index in [-0.39, 0.29) is 10.9 Å². The third-order valence-corrected chi connectivity index (χ3v) is 6.08. The van der Waals surface area contributed by atoms with Crippen LogP contribution in [-0.4, -0.2) is 45.9 Å². The van der Waals surface area contributed by atoms with E-state index in [0.29, 0.717) is 19.4 Å². The van der Waals surface area contributed by atoms with E-state index in [2.05, 4.69) is 4.98 Å². The summed E-state index contributed by atoms with van der Waals surface area (Å²) in [5, 5.41) is 9.27. The number of sulfonamides is 1. The van der Waals surface area contributed by atoms with Gasteiger partial charge in [0.15, 0.2) is 5.03 Å². The molecule has 3 aliphatic rings. The number of carbonyl (C=O) groups is 1. The summed E-state index contributed by atoms with van der Waals surface area (Å²) in [6.07, 6.45) is 4.99. The zero-order valence-corrected chi connectivity index (χ0v) is 12.0. The average molecular weight is 299 g/mol. The Labute approximate surface area is 117 Å². The van der Waals surface area contributed by atoms with Crippen molar-refractivity contribution in [2.24, 2.45) is 18.9 Å². The smallest absolute Gasteiger partial charge is 0.308 e. The van der Waals surface area contributed by atoms with Crippen LogP contribution in [0.4, 0.5) is 0 Å². The molecule has 1 N–H and O–H groups in total. The van der Waals surface area contributed by atoms with Crippen molar-refractivity contribution in [3.63, 3.8) is 0 Å². The number of hydrogen-bond acceptors (Lipinski definition) is 4. The molecule has 7 nitrogen and oxygen atoms in total. The van der Waals surface area contributed by atoms with Crippen LogP contribution in [0.15, 0.2) is 17.6 Å². The fourth-order valence-electron chi connectivity index (χ4n) is 3.33. The van der Waals surface area contributed by atoms with Gasteiger partial charge in [-0.05, 0) is 25.2 Å². The van der Waals surface area contributed by atoms with Gasteiger partial charge in [-0.25, -0.2) is 13.4 Å². The average Bonchev–Trinajstić information content (AvgIpc) is 2.86. The Morgan fingerprint density at radius 2 is 2.20 bits per heavy atom. The lowest BCUT2D eigenvalue weighted by Crippen LogP contribution is -2.57. The van der Waals surface area contributed by atoms with Gasteiger partial charge in [-0.3, -0.25) is 4.79 Å². The number of nitrogens with zero attached hydrogens (tertiary/aromatic N) is 3. The fourth-order valence-corrected chi connectivity index (χ4v) is 5.06. The van der Waals surface area contributed by atoms with Crippen molar-refractivity contribution in [3.8, 4) is 0 Å². The minimum Gasteiger partial charge on any atom is -0.481 e. The number of fused-ring (bicyclic) bond motifs is 3. The Balaban J connectivity index is 1.96. The van der Waals surface area contributed by atoms with E-state index in [1.165, 1.54) is 16.8 Å². The number of aryl methyl sites for hydroxylation is 1. The van der Waals surface area contributed by atoms with Crippen LogP contribution in [0, 0.1) is 11.8 Å². The van der Waals surface area contributed by atoms with Crippen LogP contribution in [0.25, 0.3) is 0 Å². The first-order valence-electron chi connectivity index (χ1n) is 6.62. The molecule has 1 aliphatic carbocycles. The molecule has 3 fully saturated rings. The van der Waals surface area contributed by atoms with Crippen LogP contribution < -0.4 is 0 Å². The molecule has 1 aromatic rings. The van der Waals surface area contributed by atoms with E-state index in [1.54, 1.807) is 11.6 Å². The van der Waals surface area contributed by atoms with Crippen LogP contribution in [0.3, 0.4) is 0 Å². The Morgan fingerprint density at radius 1 is 1.45 bits per heavy atom. The highest BCUT2D eigenvalue weighted by molar-refractivity contribution is 7.89. The van der Waals surface area contributed by atoms with Gasteiger partial charge < -0.3 is 9.67 Å². The monoisotopic (exact) mass is 299 g/mol. The third kappa shape index (κ3) is 2.03. The second-order valence-corrected chi connectivity index (χ2v) is 7.48. The number of imidazole rings is 1. The molecular weight excluding hydrogens is 282 g/mol. The Bertz CT molecular complexity index is 639. The summed E-state index contributed by atoms with van der Waals surface area (Å²) < 4.78 is 28.2. The molecule has 8 heteroatoms. The molecule has 1 aromatic heterocycles. The van der Waals surface area contributed by atoms with Crippen LogP contribution in [0.5, 0.6) is 0 Å². The first-order chi connectivity index (χ1) is 9.39. The van der Waals surface area contributed by atoms with Gasteiger partial charge in [-0.1, -0.05) is 0 Å². The van der Waals surface area contributed by atoms with Crippen LogP contribution in [0.2, 0.25) is 0 Å². The lowest BCUT2D eigenvalue weighted by atomic mass is 9.74. The zero-order chi connectivity index (χ0) is 14.5. The van der Waals surface area contributed by atoms with E-state index in [4.69, 9.17) is 0 Å². The maximum Gasteiger partial charge on any atom is 0.308 e. The molecule has 0 radical (unpaired) electrons. The molecule has 0 aromatic carbocycles. The number of carboxylic acids is 1. The van der Waals surface area contributed by atoms with Gasteiger partial charge in [0.05, 0.1) is 12.2 Å². The minimum atomic E-state index is -3.70. The first-order valence-corrected chi connectivity index (χ1v) is 8.06. The number of hydrogen-bond donors (Lipinski definition) is 1. The van der Waals surface area contributed by atoms with Crippen molar-refractivity contribution in [1.82, 2.24) is 13.9 Å². The molecule has 0 spiro atoms. The lowest BCUT2D eigenvalue weighted by molar-refractivity contribution is -0.147. The third-order valence-electron chi connectivity index (χ3n) is 4.30. The van der Waals surface area contributed by atoms with Crippen molar-refractivity contribution in [2.45, 2.75) is 30.3 Å². The van der Waals surface area contributed by atoms with Gasteiger partial charge >= 0.3 is 5.97 Å². The van der Waals surface area contributed by atoms with E-state index >= 15 is 0 Å². The predicted molar refractivity (Wildman–Crippen MR) is 69.4 cm³/mol. The molecule has 110 valence electrons. The molecular formula is C12H17N3O4S. The summed E-state index contributed by atoms with van der Waals surface area (Å²) in [6.45, 7) is 0.410. The number of piperidine rings is 2. The quantitative estimate of drug-likeness (QED) is 0.866. The normalized spacial score (nSPS) is 30.6. The van der Waals surface area contributed by atoms with Crippen LogP contribution in [-0.2, 0) is 21.9 Å². The maximum absolute atomic E-state index is 12.6. The van der Waals surface area contributed by atoms with Crippen LogP contribution in [0.1, 0.15) is 19.3 Å². The molecule has 1 saturated carbocycles. The number of rotatable bonds is 3. The maximum atomic E-state index is 12.6. The minimum absolute atomic E-state index is 0.00307. The highest BCUT2D eigenvalue weighted by Gasteiger charge is 2.49. The van der Waals surface area contributed by atoms with E-state index in [0.717, 1.165) is 6.42 Å². The summed E-state index contributed by atoms with van der Waals surface area (Å²) >= 11 is 0. The van der Waals surface area contributed by atoms with Gasteiger partial charge in [-0.2, -0.15) is 4.31 Å². The van der Waals surface area contributed by atoms with Crippen molar-refractivity contribution >= 4 is 16.0 Å². The summed E-state index contributed by atoms with van der Waals surface area (Å²) in [5.41, 5.74) is 0. The van der Waals surface area contributed by atoms with E-state index in [1.807, 2.05) is 0 Å². The molecule has 3 atom stereocenters.